The third kappa shape index (κ3) is 4.98. The number of H-pyrrole nitrogens is 2. The molecule has 0 aliphatic heterocycles. The second-order valence-electron chi connectivity index (χ2n) is 7.36. The summed E-state index contributed by atoms with van der Waals surface area (Å²) in [7, 11) is 2.47. The molecule has 2 heterocycles. The quantitative estimate of drug-likeness (QED) is 0.389. The van der Waals surface area contributed by atoms with Crippen molar-refractivity contribution in [2.45, 2.75) is 40.5 Å². The summed E-state index contributed by atoms with van der Waals surface area (Å²) in [6.07, 6.45) is 4.38. The Morgan fingerprint density at radius 3 is 1.38 bits per heavy atom. The number of carbonyl (C=O) groups is 2. The van der Waals surface area contributed by atoms with Crippen LogP contribution in [0.5, 0.6) is 0 Å². The van der Waals surface area contributed by atoms with E-state index >= 15 is 0 Å². The molecular formula is C24H26N4O4. The summed E-state index contributed by atoms with van der Waals surface area (Å²) in [5.74, 6) is -1.36. The third-order valence-corrected chi connectivity index (χ3v) is 5.66. The van der Waals surface area contributed by atoms with Gasteiger partial charge in [0.25, 0.3) is 0 Å². The fourth-order valence-corrected chi connectivity index (χ4v) is 3.38. The number of ether oxygens (including phenoxy) is 2. The van der Waals surface area contributed by atoms with Gasteiger partial charge in [-0.25, -0.2) is 9.59 Å². The normalized spacial score (nSPS) is 11.6. The van der Waals surface area contributed by atoms with Crippen LogP contribution in [0.1, 0.15) is 45.0 Å². The monoisotopic (exact) mass is 434 g/mol. The van der Waals surface area contributed by atoms with Crippen molar-refractivity contribution in [3.05, 3.63) is 56.2 Å². The first-order chi connectivity index (χ1) is 15.2. The van der Waals surface area contributed by atoms with E-state index in [9.17, 15) is 20.1 Å². The van der Waals surface area contributed by atoms with Crippen molar-refractivity contribution in [2.75, 3.05) is 14.2 Å². The number of hydrogen-bond donors (Lipinski definition) is 2. The summed E-state index contributed by atoms with van der Waals surface area (Å²) in [5.41, 5.74) is 7.24. The number of nitrogens with one attached hydrogen (secondary N) is 2. The molecule has 166 valence electrons. The van der Waals surface area contributed by atoms with E-state index in [1.54, 1.807) is 0 Å². The highest BCUT2D eigenvalue weighted by Gasteiger charge is 2.16. The number of aromatic amines is 2. The van der Waals surface area contributed by atoms with Gasteiger partial charge in [0.05, 0.1) is 14.2 Å². The molecule has 2 rings (SSSR count). The highest BCUT2D eigenvalue weighted by Crippen LogP contribution is 2.24. The van der Waals surface area contributed by atoms with Crippen LogP contribution < -0.4 is 0 Å². The lowest BCUT2D eigenvalue weighted by Crippen LogP contribution is -2.03. The lowest BCUT2D eigenvalue weighted by molar-refractivity contribution is -0.136. The number of nitrogens with zero attached hydrogens (tertiary/aromatic N) is 2. The number of aromatic nitrogens is 2. The van der Waals surface area contributed by atoms with E-state index in [-0.39, 0.29) is 11.1 Å². The van der Waals surface area contributed by atoms with Gasteiger partial charge in [-0.15, -0.1) is 0 Å². The lowest BCUT2D eigenvalue weighted by Gasteiger charge is -2.02. The molecule has 0 fully saturated rings. The minimum absolute atomic E-state index is 0.0745. The molecule has 8 heteroatoms. The average Bonchev–Trinajstić information content (AvgIpc) is 3.22. The molecule has 0 amide bonds. The molecule has 2 N–H and O–H groups in total. The molecule has 8 nitrogen and oxygen atoms in total. The number of carbonyl (C=O) groups excluding carboxylic acids is 2. The number of rotatable bonds is 7. The van der Waals surface area contributed by atoms with Crippen molar-refractivity contribution in [3.8, 4) is 12.1 Å². The van der Waals surface area contributed by atoms with E-state index in [2.05, 4.69) is 19.4 Å². The van der Waals surface area contributed by atoms with Crippen LogP contribution in [0.2, 0.25) is 0 Å². The summed E-state index contributed by atoms with van der Waals surface area (Å²) < 4.78 is 9.28. The molecule has 0 saturated heterocycles. The first kappa shape index (κ1) is 24.2. The summed E-state index contributed by atoms with van der Waals surface area (Å²) in [6, 6.07) is 3.73. The summed E-state index contributed by atoms with van der Waals surface area (Å²) in [5, 5.41) is 18.4. The Hall–Kier alpha value is -4.04. The molecule has 32 heavy (non-hydrogen) atoms. The first-order valence-electron chi connectivity index (χ1n) is 9.94. The molecule has 0 unspecified atom stereocenters. The smallest absolute Gasteiger partial charge is 0.348 e. The molecule has 0 saturated carbocycles. The van der Waals surface area contributed by atoms with Gasteiger partial charge in [0.15, 0.2) is 0 Å². The second-order valence-corrected chi connectivity index (χ2v) is 7.36. The number of nitriles is 2. The molecule has 0 aliphatic carbocycles. The predicted molar refractivity (Wildman–Crippen MR) is 119 cm³/mol. The standard InChI is InChI=1S/C24H26N4O4/c1-13-15(3)21(9-17(11-25)23(29)31-5)27-19(13)7-8-20-14(2)16(4)22(28-20)10-18(12-26)24(30)32-6/h9-10,27-28H,7-8H2,1-6H3/b17-9+,18-10+. The molecule has 0 bridgehead atoms. The van der Waals surface area contributed by atoms with Gasteiger partial charge in [0.2, 0.25) is 0 Å². The maximum Gasteiger partial charge on any atom is 0.348 e. The van der Waals surface area contributed by atoms with Gasteiger partial charge in [-0.1, -0.05) is 0 Å². The summed E-state index contributed by atoms with van der Waals surface area (Å²) >= 11 is 0. The van der Waals surface area contributed by atoms with Gasteiger partial charge < -0.3 is 19.4 Å². The van der Waals surface area contributed by atoms with Crippen LogP contribution in [-0.2, 0) is 31.9 Å². The van der Waals surface area contributed by atoms with Crippen molar-refractivity contribution in [1.82, 2.24) is 9.97 Å². The number of methoxy groups -OCH3 is 2. The third-order valence-electron chi connectivity index (χ3n) is 5.66. The van der Waals surface area contributed by atoms with E-state index in [1.165, 1.54) is 26.4 Å². The van der Waals surface area contributed by atoms with Crippen molar-refractivity contribution < 1.29 is 19.1 Å². The Morgan fingerprint density at radius 1 is 0.750 bits per heavy atom. The topological polar surface area (TPSA) is 132 Å². The summed E-state index contributed by atoms with van der Waals surface area (Å²) in [4.78, 5) is 30.0. The molecular weight excluding hydrogens is 408 g/mol. The van der Waals surface area contributed by atoms with Crippen molar-refractivity contribution in [3.63, 3.8) is 0 Å². The van der Waals surface area contributed by atoms with E-state index < -0.39 is 11.9 Å². The zero-order valence-electron chi connectivity index (χ0n) is 19.1. The highest BCUT2D eigenvalue weighted by atomic mass is 16.5. The van der Waals surface area contributed by atoms with Crippen LogP contribution in [0, 0.1) is 50.4 Å². The predicted octanol–water partition coefficient (Wildman–Crippen LogP) is 3.52. The van der Waals surface area contributed by atoms with Crippen LogP contribution in [0.25, 0.3) is 12.2 Å². The van der Waals surface area contributed by atoms with Crippen LogP contribution >= 0.6 is 0 Å². The number of hydrogen-bond acceptors (Lipinski definition) is 6. The molecule has 0 spiro atoms. The van der Waals surface area contributed by atoms with Gasteiger partial charge in [-0.3, -0.25) is 0 Å². The highest BCUT2D eigenvalue weighted by molar-refractivity contribution is 5.98. The largest absolute Gasteiger partial charge is 0.465 e. The average molecular weight is 434 g/mol. The molecule has 0 aliphatic rings. The molecule has 2 aromatic rings. The minimum Gasteiger partial charge on any atom is -0.465 e. The Morgan fingerprint density at radius 2 is 1.09 bits per heavy atom. The fourth-order valence-electron chi connectivity index (χ4n) is 3.38. The van der Waals surface area contributed by atoms with Crippen LogP contribution in [0.15, 0.2) is 11.1 Å². The van der Waals surface area contributed by atoms with Gasteiger partial charge in [0.1, 0.15) is 23.3 Å². The maximum absolute atomic E-state index is 11.7. The molecule has 0 radical (unpaired) electrons. The SMILES string of the molecule is COC(=O)/C(C#N)=C/c1[nH]c(CCc2[nH]c(/C=C(\C#N)C(=O)OC)c(C)c2C)c(C)c1C. The van der Waals surface area contributed by atoms with E-state index in [4.69, 9.17) is 0 Å². The molecule has 0 atom stereocenters. The van der Waals surface area contributed by atoms with E-state index in [0.29, 0.717) is 24.2 Å². The van der Waals surface area contributed by atoms with Crippen LogP contribution in [0.3, 0.4) is 0 Å². The Labute approximate surface area is 187 Å². The van der Waals surface area contributed by atoms with Crippen molar-refractivity contribution in [2.24, 2.45) is 0 Å². The van der Waals surface area contributed by atoms with Gasteiger partial charge >= 0.3 is 11.9 Å². The van der Waals surface area contributed by atoms with Gasteiger partial charge in [-0.2, -0.15) is 10.5 Å². The van der Waals surface area contributed by atoms with Crippen molar-refractivity contribution in [1.29, 1.82) is 10.5 Å². The van der Waals surface area contributed by atoms with E-state index in [0.717, 1.165) is 33.6 Å². The van der Waals surface area contributed by atoms with Crippen molar-refractivity contribution >= 4 is 24.1 Å². The first-order valence-corrected chi connectivity index (χ1v) is 9.94. The lowest BCUT2D eigenvalue weighted by atomic mass is 10.0. The Kier molecular flexibility index (Phi) is 7.81. The number of aryl methyl sites for hydroxylation is 2. The Bertz CT molecular complexity index is 1100. The minimum atomic E-state index is -0.678. The Balaban J connectivity index is 2.31. The zero-order chi connectivity index (χ0) is 24.0. The van der Waals surface area contributed by atoms with Gasteiger partial charge in [0, 0.05) is 22.8 Å². The maximum atomic E-state index is 11.7. The molecule has 2 aromatic heterocycles. The van der Waals surface area contributed by atoms with E-state index in [1.807, 2.05) is 39.8 Å². The van der Waals surface area contributed by atoms with Crippen LogP contribution in [-0.4, -0.2) is 36.1 Å². The number of esters is 2. The second kappa shape index (κ2) is 10.3. The van der Waals surface area contributed by atoms with Crippen LogP contribution in [0.4, 0.5) is 0 Å². The summed E-state index contributed by atoms with van der Waals surface area (Å²) in [6.45, 7) is 7.83. The zero-order valence-corrected chi connectivity index (χ0v) is 19.1. The fraction of sp³-hybridized carbons (Fsp3) is 0.333. The van der Waals surface area contributed by atoms with Gasteiger partial charge in [-0.05, 0) is 74.9 Å². The molecule has 0 aromatic carbocycles.